The third-order valence-corrected chi connectivity index (χ3v) is 8.56. The van der Waals surface area contributed by atoms with E-state index in [2.05, 4.69) is 21.7 Å². The molecule has 1 aromatic heterocycles. The van der Waals surface area contributed by atoms with Crippen LogP contribution in [0.1, 0.15) is 29.3 Å². The highest BCUT2D eigenvalue weighted by atomic mass is 32.2. The first kappa shape index (κ1) is 21.3. The van der Waals surface area contributed by atoms with E-state index in [1.807, 2.05) is 0 Å². The summed E-state index contributed by atoms with van der Waals surface area (Å²) in [7, 11) is 0.842. The van der Waals surface area contributed by atoms with Crippen molar-refractivity contribution in [2.45, 2.75) is 30.2 Å². The van der Waals surface area contributed by atoms with Gasteiger partial charge in [0.25, 0.3) is 0 Å². The number of fused-ring (bicyclic) bond motifs is 1. The maximum Gasteiger partial charge on any atom is 0.242 e. The average molecular weight is 450 g/mol. The largest absolute Gasteiger partial charge is 0.495 e. The second-order valence-electron chi connectivity index (χ2n) is 8.00. The van der Waals surface area contributed by atoms with Crippen molar-refractivity contribution >= 4 is 33.0 Å². The first-order valence-corrected chi connectivity index (χ1v) is 12.3. The minimum Gasteiger partial charge on any atom is -0.495 e. The zero-order valence-corrected chi connectivity index (χ0v) is 19.1. The van der Waals surface area contributed by atoms with E-state index in [1.165, 1.54) is 56.6 Å². The predicted molar refractivity (Wildman–Crippen MR) is 118 cm³/mol. The summed E-state index contributed by atoms with van der Waals surface area (Å²) in [5, 5.41) is 5.02. The minimum absolute atomic E-state index is 0.111. The SMILES string of the molecule is COc1ccc(S(=O)(=O)N(C)C)cc1NC(=O)CN1CCc2sccc2[C@@H]1C1CC1. The van der Waals surface area contributed by atoms with E-state index in [0.717, 1.165) is 17.3 Å². The van der Waals surface area contributed by atoms with Gasteiger partial charge in [-0.05, 0) is 60.4 Å². The van der Waals surface area contributed by atoms with Crippen LogP contribution in [-0.4, -0.2) is 57.8 Å². The van der Waals surface area contributed by atoms with Crippen LogP contribution >= 0.6 is 11.3 Å². The molecule has 1 amide bonds. The number of carbonyl (C=O) groups excluding carboxylic acids is 1. The van der Waals surface area contributed by atoms with E-state index in [4.69, 9.17) is 4.74 Å². The van der Waals surface area contributed by atoms with Crippen molar-refractivity contribution in [3.63, 3.8) is 0 Å². The first-order chi connectivity index (χ1) is 14.3. The number of nitrogens with zero attached hydrogens (tertiary/aromatic N) is 2. The van der Waals surface area contributed by atoms with Crippen molar-refractivity contribution in [2.75, 3.05) is 39.6 Å². The second-order valence-corrected chi connectivity index (χ2v) is 11.2. The van der Waals surface area contributed by atoms with Gasteiger partial charge in [0.15, 0.2) is 0 Å². The molecule has 1 fully saturated rings. The number of nitrogens with one attached hydrogen (secondary N) is 1. The molecule has 9 heteroatoms. The Bertz CT molecular complexity index is 1040. The minimum atomic E-state index is -3.61. The molecule has 1 aromatic carbocycles. The summed E-state index contributed by atoms with van der Waals surface area (Å²) < 4.78 is 31.4. The van der Waals surface area contributed by atoms with Gasteiger partial charge in [-0.2, -0.15) is 0 Å². The van der Waals surface area contributed by atoms with Crippen LogP contribution in [-0.2, 0) is 21.2 Å². The predicted octanol–water partition coefficient (Wildman–Crippen LogP) is 2.95. The maximum atomic E-state index is 12.9. The fourth-order valence-corrected chi connectivity index (χ4v) is 5.91. The number of thiophene rings is 1. The quantitative estimate of drug-likeness (QED) is 0.703. The third-order valence-electron chi connectivity index (χ3n) is 5.76. The lowest BCUT2D eigenvalue weighted by Gasteiger charge is -2.35. The van der Waals surface area contributed by atoms with Gasteiger partial charge < -0.3 is 10.1 Å². The topological polar surface area (TPSA) is 79.0 Å². The third kappa shape index (κ3) is 4.12. The normalized spacial score (nSPS) is 19.5. The number of benzene rings is 1. The number of anilines is 1. The van der Waals surface area contributed by atoms with Gasteiger partial charge >= 0.3 is 0 Å². The van der Waals surface area contributed by atoms with Crippen LogP contribution < -0.4 is 10.1 Å². The molecule has 0 spiro atoms. The molecule has 1 N–H and O–H groups in total. The van der Waals surface area contributed by atoms with E-state index in [1.54, 1.807) is 17.4 Å². The molecule has 0 bridgehead atoms. The molecule has 1 aliphatic carbocycles. The molecule has 0 radical (unpaired) electrons. The molecule has 1 aliphatic heterocycles. The highest BCUT2D eigenvalue weighted by Gasteiger charge is 2.40. The van der Waals surface area contributed by atoms with Crippen molar-refractivity contribution in [2.24, 2.45) is 5.92 Å². The molecular weight excluding hydrogens is 422 g/mol. The molecule has 2 heterocycles. The molecule has 0 saturated heterocycles. The fourth-order valence-electron chi connectivity index (χ4n) is 4.07. The van der Waals surface area contributed by atoms with Crippen molar-refractivity contribution in [1.82, 2.24) is 9.21 Å². The summed E-state index contributed by atoms with van der Waals surface area (Å²) in [6, 6.07) is 7.00. The van der Waals surface area contributed by atoms with Crippen molar-refractivity contribution < 1.29 is 17.9 Å². The molecular formula is C21H27N3O4S2. The highest BCUT2D eigenvalue weighted by molar-refractivity contribution is 7.89. The van der Waals surface area contributed by atoms with E-state index >= 15 is 0 Å². The van der Waals surface area contributed by atoms with Gasteiger partial charge in [0.05, 0.1) is 24.2 Å². The van der Waals surface area contributed by atoms with Gasteiger partial charge in [-0.15, -0.1) is 11.3 Å². The Hall–Kier alpha value is -1.94. The summed E-state index contributed by atoms with van der Waals surface area (Å²) in [6.07, 6.45) is 3.37. The summed E-state index contributed by atoms with van der Waals surface area (Å²) in [4.78, 5) is 16.7. The number of hydrogen-bond donors (Lipinski definition) is 1. The van der Waals surface area contributed by atoms with E-state index in [-0.39, 0.29) is 17.3 Å². The molecule has 7 nitrogen and oxygen atoms in total. The lowest BCUT2D eigenvalue weighted by Crippen LogP contribution is -2.41. The molecule has 1 saturated carbocycles. The summed E-state index contributed by atoms with van der Waals surface area (Å²) >= 11 is 1.80. The number of ether oxygens (including phenoxy) is 1. The zero-order valence-electron chi connectivity index (χ0n) is 17.4. The number of hydrogen-bond acceptors (Lipinski definition) is 6. The molecule has 162 valence electrons. The zero-order chi connectivity index (χ0) is 21.5. The van der Waals surface area contributed by atoms with Crippen LogP contribution in [0.5, 0.6) is 5.75 Å². The Balaban J connectivity index is 1.53. The van der Waals surface area contributed by atoms with E-state index < -0.39 is 10.0 Å². The number of amides is 1. The van der Waals surface area contributed by atoms with Gasteiger partial charge in [0.1, 0.15) is 5.75 Å². The molecule has 30 heavy (non-hydrogen) atoms. The molecule has 0 unspecified atom stereocenters. The van der Waals surface area contributed by atoms with Crippen molar-refractivity contribution in [3.8, 4) is 5.75 Å². The number of carbonyl (C=O) groups is 1. The molecule has 2 aliphatic rings. The van der Waals surface area contributed by atoms with Crippen LogP contribution in [0.2, 0.25) is 0 Å². The highest BCUT2D eigenvalue weighted by Crippen LogP contribution is 2.48. The Morgan fingerprint density at radius 3 is 2.73 bits per heavy atom. The standard InChI is InChI=1S/C21H27N3O4S2/c1-23(2)30(26,27)15-6-7-18(28-3)17(12-15)22-20(25)13-24-10-8-19-16(9-11-29-19)21(24)14-4-5-14/h6-7,9,11-12,14,21H,4-5,8,10,13H2,1-3H3,(H,22,25)/t21-/m0/s1. The van der Waals surface area contributed by atoms with Gasteiger partial charge in [0.2, 0.25) is 15.9 Å². The Morgan fingerprint density at radius 2 is 2.07 bits per heavy atom. The van der Waals surface area contributed by atoms with E-state index in [9.17, 15) is 13.2 Å². The first-order valence-electron chi connectivity index (χ1n) is 10.0. The summed E-state index contributed by atoms with van der Waals surface area (Å²) in [6.45, 7) is 1.12. The van der Waals surface area contributed by atoms with Crippen LogP contribution in [0.15, 0.2) is 34.5 Å². The molecule has 1 atom stereocenters. The molecule has 2 aromatic rings. The van der Waals surface area contributed by atoms with E-state index in [0.29, 0.717) is 23.4 Å². The fraction of sp³-hybridized carbons (Fsp3) is 0.476. The number of methoxy groups -OCH3 is 1. The van der Waals surface area contributed by atoms with Gasteiger partial charge in [-0.3, -0.25) is 9.69 Å². The van der Waals surface area contributed by atoms with Crippen LogP contribution in [0.3, 0.4) is 0 Å². The van der Waals surface area contributed by atoms with Gasteiger partial charge in [0, 0.05) is 31.6 Å². The lowest BCUT2D eigenvalue weighted by atomic mass is 9.96. The van der Waals surface area contributed by atoms with Crippen molar-refractivity contribution in [3.05, 3.63) is 40.1 Å². The lowest BCUT2D eigenvalue weighted by molar-refractivity contribution is -0.118. The molecule has 4 rings (SSSR count). The van der Waals surface area contributed by atoms with Gasteiger partial charge in [-0.25, -0.2) is 12.7 Å². The maximum absolute atomic E-state index is 12.9. The summed E-state index contributed by atoms with van der Waals surface area (Å²) in [5.41, 5.74) is 1.74. The summed E-state index contributed by atoms with van der Waals surface area (Å²) in [5.74, 6) is 0.880. The Labute approximate surface area is 181 Å². The average Bonchev–Trinajstić information content (AvgIpc) is 3.43. The Kier molecular flexibility index (Phi) is 5.89. The van der Waals surface area contributed by atoms with Crippen LogP contribution in [0, 0.1) is 5.92 Å². The number of sulfonamides is 1. The Morgan fingerprint density at radius 1 is 1.30 bits per heavy atom. The van der Waals surface area contributed by atoms with Gasteiger partial charge in [-0.1, -0.05) is 0 Å². The van der Waals surface area contributed by atoms with Crippen LogP contribution in [0.25, 0.3) is 0 Å². The number of rotatable bonds is 7. The second kappa shape index (κ2) is 8.30. The van der Waals surface area contributed by atoms with Crippen LogP contribution in [0.4, 0.5) is 5.69 Å². The van der Waals surface area contributed by atoms with Crippen molar-refractivity contribution in [1.29, 1.82) is 0 Å². The monoisotopic (exact) mass is 449 g/mol. The smallest absolute Gasteiger partial charge is 0.242 e.